The lowest BCUT2D eigenvalue weighted by Gasteiger charge is -2.24. The molecule has 0 bridgehead atoms. The molecular weight excluding hydrogens is 359 g/mol. The molecule has 1 aliphatic heterocycles. The molecule has 0 N–H and O–H groups in total. The second kappa shape index (κ2) is 6.78. The zero-order chi connectivity index (χ0) is 19.0. The van der Waals surface area contributed by atoms with E-state index in [1.807, 2.05) is 42.2 Å². The summed E-state index contributed by atoms with van der Waals surface area (Å²) in [5, 5.41) is 3.76. The first-order valence-corrected chi connectivity index (χ1v) is 11.3. The molecule has 0 unspecified atom stereocenters. The highest BCUT2D eigenvalue weighted by molar-refractivity contribution is 7.96. The monoisotopic (exact) mass is 378 g/mol. The van der Waals surface area contributed by atoms with Crippen LogP contribution in [0.5, 0.6) is 0 Å². The minimum absolute atomic E-state index is 0.0873. The van der Waals surface area contributed by atoms with Crippen LogP contribution in [0.25, 0.3) is 11.1 Å². The molecule has 0 aromatic heterocycles. The third-order valence-corrected chi connectivity index (χ3v) is 9.43. The quantitative estimate of drug-likeness (QED) is 0.330. The lowest BCUT2D eigenvalue weighted by Crippen LogP contribution is -2.25. The molecule has 4 aromatic carbocycles. The van der Waals surface area contributed by atoms with Crippen molar-refractivity contribution in [3.05, 3.63) is 115 Å². The summed E-state index contributed by atoms with van der Waals surface area (Å²) in [6, 6.07) is 37.2. The van der Waals surface area contributed by atoms with Crippen molar-refractivity contribution in [2.75, 3.05) is 0 Å². The largest absolute Gasteiger partial charge is 0.289 e. The van der Waals surface area contributed by atoms with Crippen molar-refractivity contribution < 1.29 is 4.79 Å². The Morgan fingerprint density at radius 2 is 1.04 bits per heavy atom. The third-order valence-electron chi connectivity index (χ3n) is 5.39. The molecule has 28 heavy (non-hydrogen) atoms. The van der Waals surface area contributed by atoms with Crippen LogP contribution in [0.2, 0.25) is 0 Å². The maximum atomic E-state index is 13.4. The number of fused-ring (bicyclic) bond motifs is 3. The van der Waals surface area contributed by atoms with Crippen LogP contribution < -0.4 is 15.9 Å². The molecule has 0 radical (unpaired) electrons. The van der Waals surface area contributed by atoms with E-state index in [0.29, 0.717) is 0 Å². The van der Waals surface area contributed by atoms with E-state index in [1.54, 1.807) is 0 Å². The summed E-state index contributed by atoms with van der Waals surface area (Å²) in [5.74, 6) is 2.10. The SMILES string of the molecule is O=C(C=P1(c2ccccc2)c2ccccc2-c2ccccc21)c1ccccc1. The summed E-state index contributed by atoms with van der Waals surface area (Å²) in [6.45, 7) is -2.18. The Balaban J connectivity index is 1.90. The van der Waals surface area contributed by atoms with Gasteiger partial charge >= 0.3 is 0 Å². The first kappa shape index (κ1) is 17.0. The number of benzene rings is 4. The Bertz CT molecular complexity index is 1170. The summed E-state index contributed by atoms with van der Waals surface area (Å²) >= 11 is 0. The van der Waals surface area contributed by atoms with Gasteiger partial charge in [0.15, 0.2) is 5.78 Å². The van der Waals surface area contributed by atoms with Gasteiger partial charge in [-0.25, -0.2) is 0 Å². The number of hydrogen-bond donors (Lipinski definition) is 0. The Hall–Kier alpha value is -3.15. The first-order chi connectivity index (χ1) is 13.8. The summed E-state index contributed by atoms with van der Waals surface area (Å²) in [7, 11) is 0. The standard InChI is InChI=1S/C26H19OP/c27-24(20-11-3-1-4-12-20)19-28(21-13-5-2-6-14-21)25-17-9-7-15-22(25)23-16-8-10-18-26(23)28/h1-19H. The van der Waals surface area contributed by atoms with Crippen LogP contribution in [0, 0.1) is 0 Å². The molecular formula is C26H19OP. The van der Waals surface area contributed by atoms with Gasteiger partial charge in [-0.1, -0.05) is 109 Å². The van der Waals surface area contributed by atoms with Gasteiger partial charge in [-0.15, -0.1) is 0 Å². The van der Waals surface area contributed by atoms with Crippen LogP contribution in [-0.4, -0.2) is 11.6 Å². The van der Waals surface area contributed by atoms with Crippen LogP contribution in [0.4, 0.5) is 0 Å². The molecule has 134 valence electrons. The van der Waals surface area contributed by atoms with E-state index in [0.717, 1.165) is 5.56 Å². The van der Waals surface area contributed by atoms with Crippen LogP contribution in [0.3, 0.4) is 0 Å². The molecule has 0 fully saturated rings. The fraction of sp³-hybridized carbons (Fsp3) is 0. The van der Waals surface area contributed by atoms with E-state index in [-0.39, 0.29) is 5.78 Å². The van der Waals surface area contributed by atoms with Gasteiger partial charge in [0.1, 0.15) is 0 Å². The number of rotatable bonds is 3. The number of carbonyl (C=O) groups excluding carboxylic acids is 1. The Morgan fingerprint density at radius 3 is 1.61 bits per heavy atom. The van der Waals surface area contributed by atoms with E-state index in [1.165, 1.54) is 27.0 Å². The van der Waals surface area contributed by atoms with E-state index in [2.05, 4.69) is 72.8 Å². The van der Waals surface area contributed by atoms with Gasteiger partial charge in [-0.05, 0) is 39.7 Å². The predicted octanol–water partition coefficient (Wildman–Crippen LogP) is 4.65. The van der Waals surface area contributed by atoms with Crippen LogP contribution in [0.1, 0.15) is 10.4 Å². The number of hydrogen-bond acceptors (Lipinski definition) is 1. The van der Waals surface area contributed by atoms with E-state index >= 15 is 0 Å². The normalized spacial score (nSPS) is 13.4. The third kappa shape index (κ3) is 2.52. The first-order valence-electron chi connectivity index (χ1n) is 9.40. The lowest BCUT2D eigenvalue weighted by atomic mass is 10.1. The van der Waals surface area contributed by atoms with Gasteiger partial charge < -0.3 is 0 Å². The molecule has 1 heterocycles. The Morgan fingerprint density at radius 1 is 0.571 bits per heavy atom. The zero-order valence-electron chi connectivity index (χ0n) is 15.3. The molecule has 0 aliphatic carbocycles. The molecule has 0 spiro atoms. The molecule has 0 saturated heterocycles. The Labute approximate surface area is 165 Å². The molecule has 0 saturated carbocycles. The van der Waals surface area contributed by atoms with Gasteiger partial charge in [0, 0.05) is 5.56 Å². The maximum Gasteiger partial charge on any atom is 0.186 e. The minimum atomic E-state index is -2.18. The van der Waals surface area contributed by atoms with Gasteiger partial charge in [0.05, 0.1) is 0 Å². The molecule has 0 amide bonds. The van der Waals surface area contributed by atoms with Crippen molar-refractivity contribution in [3.63, 3.8) is 0 Å². The highest BCUT2D eigenvalue weighted by atomic mass is 31.2. The summed E-state index contributed by atoms with van der Waals surface area (Å²) in [6.07, 6.45) is 0. The smallest absolute Gasteiger partial charge is 0.186 e. The van der Waals surface area contributed by atoms with Crippen LogP contribution in [0.15, 0.2) is 109 Å². The van der Waals surface area contributed by atoms with Crippen molar-refractivity contribution >= 4 is 34.4 Å². The molecule has 1 nitrogen and oxygen atoms in total. The fourth-order valence-corrected chi connectivity index (χ4v) is 8.33. The fourth-order valence-electron chi connectivity index (χ4n) is 4.16. The Kier molecular flexibility index (Phi) is 4.11. The van der Waals surface area contributed by atoms with E-state index in [4.69, 9.17) is 0 Å². The van der Waals surface area contributed by atoms with Crippen molar-refractivity contribution in [1.29, 1.82) is 0 Å². The van der Waals surface area contributed by atoms with E-state index in [9.17, 15) is 4.79 Å². The molecule has 2 heteroatoms. The average molecular weight is 378 g/mol. The zero-order valence-corrected chi connectivity index (χ0v) is 16.2. The highest BCUT2D eigenvalue weighted by Gasteiger charge is 2.36. The molecule has 5 rings (SSSR count). The predicted molar refractivity (Wildman–Crippen MR) is 121 cm³/mol. The minimum Gasteiger partial charge on any atom is -0.289 e. The molecule has 4 aromatic rings. The van der Waals surface area contributed by atoms with Crippen molar-refractivity contribution in [2.24, 2.45) is 0 Å². The average Bonchev–Trinajstić information content (AvgIpc) is 3.06. The molecule has 1 aliphatic rings. The number of carbonyl (C=O) groups is 1. The highest BCUT2D eigenvalue weighted by Crippen LogP contribution is 2.52. The van der Waals surface area contributed by atoms with Gasteiger partial charge in [0.25, 0.3) is 0 Å². The number of ketones is 1. The van der Waals surface area contributed by atoms with Crippen LogP contribution in [-0.2, 0) is 0 Å². The van der Waals surface area contributed by atoms with Crippen LogP contribution >= 0.6 is 6.89 Å². The van der Waals surface area contributed by atoms with Crippen molar-refractivity contribution in [1.82, 2.24) is 0 Å². The maximum absolute atomic E-state index is 13.4. The topological polar surface area (TPSA) is 17.1 Å². The lowest BCUT2D eigenvalue weighted by molar-refractivity contribution is 0.107. The summed E-state index contributed by atoms with van der Waals surface area (Å²) in [4.78, 5) is 13.4. The van der Waals surface area contributed by atoms with Gasteiger partial charge in [-0.3, -0.25) is 4.79 Å². The second-order valence-electron chi connectivity index (χ2n) is 6.95. The van der Waals surface area contributed by atoms with Gasteiger partial charge in [-0.2, -0.15) is 0 Å². The summed E-state index contributed by atoms with van der Waals surface area (Å²) < 4.78 is 0. The summed E-state index contributed by atoms with van der Waals surface area (Å²) in [5.41, 5.74) is 3.22. The van der Waals surface area contributed by atoms with Crippen molar-refractivity contribution in [2.45, 2.75) is 0 Å². The van der Waals surface area contributed by atoms with E-state index < -0.39 is 6.89 Å². The van der Waals surface area contributed by atoms with Crippen molar-refractivity contribution in [3.8, 4) is 11.1 Å². The van der Waals surface area contributed by atoms with Gasteiger partial charge in [0.2, 0.25) is 0 Å². The number of Topliss-reactive ketones (excluding diaryl/α,β-unsaturated/α-hetero) is 1. The second-order valence-corrected chi connectivity index (χ2v) is 10.1. The molecule has 0 atom stereocenters.